The van der Waals surface area contributed by atoms with Crippen molar-refractivity contribution in [2.75, 3.05) is 0 Å². The lowest BCUT2D eigenvalue weighted by Gasteiger charge is -2.01. The largest absolute Gasteiger partial charge is 0.481 e. The average Bonchev–Trinajstić information content (AvgIpc) is 2.95. The molecule has 3 heteroatoms. The summed E-state index contributed by atoms with van der Waals surface area (Å²) in [6.45, 7) is 3.72. The monoisotopic (exact) mass is 318 g/mol. The Bertz CT molecular complexity index is 937. The number of furan rings is 1. The highest BCUT2D eigenvalue weighted by Gasteiger charge is 2.14. The average molecular weight is 318 g/mol. The van der Waals surface area contributed by atoms with Crippen LogP contribution >= 0.6 is 0 Å². The van der Waals surface area contributed by atoms with Gasteiger partial charge in [-0.05, 0) is 43.3 Å². The Morgan fingerprint density at radius 1 is 1.08 bits per heavy atom. The van der Waals surface area contributed by atoms with E-state index in [0.29, 0.717) is 12.2 Å². The predicted octanol–water partition coefficient (Wildman–Crippen LogP) is 4.40. The van der Waals surface area contributed by atoms with Crippen molar-refractivity contribution in [2.45, 2.75) is 20.3 Å². The Morgan fingerprint density at radius 2 is 1.75 bits per heavy atom. The van der Waals surface area contributed by atoms with Gasteiger partial charge in [-0.15, -0.1) is 0 Å². The molecule has 3 aromatic rings. The number of aliphatic carboxylic acids is 1. The minimum atomic E-state index is -0.819. The van der Waals surface area contributed by atoms with Gasteiger partial charge in [0.2, 0.25) is 0 Å². The molecule has 0 unspecified atom stereocenters. The number of fused-ring (bicyclic) bond motifs is 1. The molecule has 0 saturated heterocycles. The lowest BCUT2D eigenvalue weighted by molar-refractivity contribution is -0.141. The summed E-state index contributed by atoms with van der Waals surface area (Å²) in [5, 5.41) is 9.96. The summed E-state index contributed by atoms with van der Waals surface area (Å²) in [6, 6.07) is 15.8. The quantitative estimate of drug-likeness (QED) is 0.728. The van der Waals surface area contributed by atoms with Crippen LogP contribution in [0, 0.1) is 24.7 Å². The van der Waals surface area contributed by atoms with Crippen LogP contribution in [0.2, 0.25) is 0 Å². The van der Waals surface area contributed by atoms with E-state index >= 15 is 0 Å². The summed E-state index contributed by atoms with van der Waals surface area (Å²) < 4.78 is 5.77. The molecule has 0 amide bonds. The summed E-state index contributed by atoms with van der Waals surface area (Å²) in [7, 11) is 0. The molecule has 0 bridgehead atoms. The number of carbonyl (C=O) groups is 1. The first-order valence-electron chi connectivity index (χ1n) is 7.85. The standard InChI is InChI=1S/C21H18O3/c1-14-3-5-16(6-4-14)7-8-17-9-10-18-13-19(24-20(18)12-17)11-15(2)21(22)23/h3-6,9-10,12-13,15H,11H2,1-2H3,(H,22,23)/t15-/m0/s1. The van der Waals surface area contributed by atoms with Gasteiger partial charge >= 0.3 is 5.97 Å². The molecule has 3 rings (SSSR count). The van der Waals surface area contributed by atoms with Crippen LogP contribution in [0.15, 0.2) is 52.9 Å². The van der Waals surface area contributed by atoms with Crippen molar-refractivity contribution in [3.05, 3.63) is 71.0 Å². The number of aryl methyl sites for hydroxylation is 1. The third kappa shape index (κ3) is 3.67. The molecule has 24 heavy (non-hydrogen) atoms. The minimum Gasteiger partial charge on any atom is -0.481 e. The lowest BCUT2D eigenvalue weighted by atomic mass is 10.1. The fourth-order valence-electron chi connectivity index (χ4n) is 2.43. The van der Waals surface area contributed by atoms with E-state index < -0.39 is 11.9 Å². The smallest absolute Gasteiger partial charge is 0.306 e. The van der Waals surface area contributed by atoms with Crippen LogP contribution in [-0.2, 0) is 11.2 Å². The number of hydrogen-bond donors (Lipinski definition) is 1. The molecule has 0 radical (unpaired) electrons. The highest BCUT2D eigenvalue weighted by molar-refractivity contribution is 5.80. The van der Waals surface area contributed by atoms with Crippen LogP contribution in [-0.4, -0.2) is 11.1 Å². The van der Waals surface area contributed by atoms with E-state index in [1.807, 2.05) is 55.5 Å². The predicted molar refractivity (Wildman–Crippen MR) is 93.9 cm³/mol. The van der Waals surface area contributed by atoms with Gasteiger partial charge in [-0.2, -0.15) is 0 Å². The van der Waals surface area contributed by atoms with E-state index in [1.165, 1.54) is 5.56 Å². The molecule has 0 saturated carbocycles. The van der Waals surface area contributed by atoms with Crippen LogP contribution in [0.3, 0.4) is 0 Å². The first-order valence-corrected chi connectivity index (χ1v) is 7.85. The van der Waals surface area contributed by atoms with Gasteiger partial charge in [-0.1, -0.05) is 36.5 Å². The third-order valence-electron chi connectivity index (χ3n) is 3.90. The van der Waals surface area contributed by atoms with Crippen molar-refractivity contribution in [1.82, 2.24) is 0 Å². The number of rotatable bonds is 3. The van der Waals surface area contributed by atoms with Gasteiger partial charge in [-0.25, -0.2) is 0 Å². The van der Waals surface area contributed by atoms with Gasteiger partial charge in [-0.3, -0.25) is 4.79 Å². The Kier molecular flexibility index (Phi) is 4.39. The van der Waals surface area contributed by atoms with E-state index in [0.717, 1.165) is 22.1 Å². The Hall–Kier alpha value is -2.99. The number of carboxylic acids is 1. The summed E-state index contributed by atoms with van der Waals surface area (Å²) in [6.07, 6.45) is 0.383. The fraction of sp³-hybridized carbons (Fsp3) is 0.190. The molecule has 0 aliphatic carbocycles. The molecule has 120 valence electrons. The Morgan fingerprint density at radius 3 is 2.46 bits per heavy atom. The van der Waals surface area contributed by atoms with Crippen molar-refractivity contribution >= 4 is 16.9 Å². The van der Waals surface area contributed by atoms with Crippen LogP contribution in [0.1, 0.15) is 29.4 Å². The van der Waals surface area contributed by atoms with Crippen molar-refractivity contribution in [2.24, 2.45) is 5.92 Å². The lowest BCUT2D eigenvalue weighted by Crippen LogP contribution is -2.11. The van der Waals surface area contributed by atoms with Crippen LogP contribution in [0.25, 0.3) is 11.0 Å². The second-order valence-corrected chi connectivity index (χ2v) is 6.02. The molecule has 0 spiro atoms. The normalized spacial score (nSPS) is 11.8. The van der Waals surface area contributed by atoms with Crippen LogP contribution < -0.4 is 0 Å². The van der Waals surface area contributed by atoms with Gasteiger partial charge in [0.25, 0.3) is 0 Å². The zero-order chi connectivity index (χ0) is 17.1. The second kappa shape index (κ2) is 6.64. The van der Waals surface area contributed by atoms with E-state index in [1.54, 1.807) is 6.92 Å². The molecule has 1 atom stereocenters. The molecule has 3 nitrogen and oxygen atoms in total. The van der Waals surface area contributed by atoms with Crippen molar-refractivity contribution < 1.29 is 14.3 Å². The highest BCUT2D eigenvalue weighted by atomic mass is 16.4. The molecule has 0 aliphatic rings. The second-order valence-electron chi connectivity index (χ2n) is 6.02. The van der Waals surface area contributed by atoms with Crippen LogP contribution in [0.4, 0.5) is 0 Å². The number of hydrogen-bond acceptors (Lipinski definition) is 2. The molecule has 0 fully saturated rings. The topological polar surface area (TPSA) is 50.4 Å². The number of carboxylic acid groups (broad SMARTS) is 1. The highest BCUT2D eigenvalue weighted by Crippen LogP contribution is 2.22. The zero-order valence-corrected chi connectivity index (χ0v) is 13.7. The van der Waals surface area contributed by atoms with Crippen molar-refractivity contribution in [3.63, 3.8) is 0 Å². The Balaban J connectivity index is 1.84. The zero-order valence-electron chi connectivity index (χ0n) is 13.7. The van der Waals surface area contributed by atoms with E-state index in [9.17, 15) is 4.79 Å². The Labute approximate surface area is 140 Å². The van der Waals surface area contributed by atoms with E-state index in [4.69, 9.17) is 9.52 Å². The minimum absolute atomic E-state index is 0.383. The molecule has 1 heterocycles. The third-order valence-corrected chi connectivity index (χ3v) is 3.90. The molecule has 2 aromatic carbocycles. The molecular weight excluding hydrogens is 300 g/mol. The van der Waals surface area contributed by atoms with Crippen molar-refractivity contribution in [1.29, 1.82) is 0 Å². The first kappa shape index (κ1) is 15.9. The van der Waals surface area contributed by atoms with Gasteiger partial charge < -0.3 is 9.52 Å². The fourth-order valence-corrected chi connectivity index (χ4v) is 2.43. The van der Waals surface area contributed by atoms with Gasteiger partial charge in [0, 0.05) is 22.9 Å². The summed E-state index contributed by atoms with van der Waals surface area (Å²) in [4.78, 5) is 11.0. The number of benzene rings is 2. The maximum absolute atomic E-state index is 11.0. The van der Waals surface area contributed by atoms with E-state index in [2.05, 4.69) is 11.8 Å². The van der Waals surface area contributed by atoms with Crippen molar-refractivity contribution in [3.8, 4) is 11.8 Å². The summed E-state index contributed by atoms with van der Waals surface area (Å²) in [5.41, 5.74) is 3.78. The summed E-state index contributed by atoms with van der Waals surface area (Å²) >= 11 is 0. The van der Waals surface area contributed by atoms with E-state index in [-0.39, 0.29) is 0 Å². The molecule has 1 N–H and O–H groups in total. The van der Waals surface area contributed by atoms with Gasteiger partial charge in [0.1, 0.15) is 11.3 Å². The van der Waals surface area contributed by atoms with Crippen LogP contribution in [0.5, 0.6) is 0 Å². The SMILES string of the molecule is Cc1ccc(C#Cc2ccc3cc(C[C@H](C)C(=O)O)oc3c2)cc1. The first-order chi connectivity index (χ1) is 11.5. The molecule has 1 aromatic heterocycles. The van der Waals surface area contributed by atoms with Gasteiger partial charge in [0.15, 0.2) is 0 Å². The molecular formula is C21H18O3. The maximum Gasteiger partial charge on any atom is 0.306 e. The van der Waals surface area contributed by atoms with Gasteiger partial charge in [0.05, 0.1) is 5.92 Å². The maximum atomic E-state index is 11.0. The summed E-state index contributed by atoms with van der Waals surface area (Å²) in [5.74, 6) is 5.67. The molecule has 0 aliphatic heterocycles.